The minimum atomic E-state index is -0.293. The second kappa shape index (κ2) is 27.1. The van der Waals surface area contributed by atoms with Crippen LogP contribution in [0.15, 0.2) is 36.5 Å². The second-order valence-corrected chi connectivity index (χ2v) is 14.7. The molecule has 2 rings (SSSR count). The van der Waals surface area contributed by atoms with Crippen molar-refractivity contribution >= 4 is 0 Å². The topological polar surface area (TPSA) is 21.7 Å². The lowest BCUT2D eigenvalue weighted by Crippen LogP contribution is -2.44. The predicted octanol–water partition coefficient (Wildman–Crippen LogP) is 12.9. The van der Waals surface area contributed by atoms with E-state index in [0.717, 1.165) is 38.3 Å². The highest BCUT2D eigenvalue weighted by Gasteiger charge is 2.47. The van der Waals surface area contributed by atoms with Gasteiger partial charge in [0, 0.05) is 25.9 Å². The van der Waals surface area contributed by atoms with Crippen LogP contribution in [0, 0.1) is 5.92 Å². The van der Waals surface area contributed by atoms with Gasteiger partial charge in [-0.2, -0.15) is 0 Å². The van der Waals surface area contributed by atoms with E-state index in [1.54, 1.807) is 0 Å². The van der Waals surface area contributed by atoms with Crippen molar-refractivity contribution in [3.8, 4) is 0 Å². The van der Waals surface area contributed by atoms with Gasteiger partial charge in [0.2, 0.25) is 0 Å². The first-order valence-corrected chi connectivity index (χ1v) is 20.1. The summed E-state index contributed by atoms with van der Waals surface area (Å²) in [6.45, 7) is 9.16. The van der Waals surface area contributed by atoms with E-state index in [4.69, 9.17) is 9.47 Å². The molecule has 45 heavy (non-hydrogen) atoms. The molecule has 2 heterocycles. The number of unbranched alkanes of at least 4 members (excludes halogenated alkanes) is 15. The van der Waals surface area contributed by atoms with Crippen LogP contribution < -0.4 is 0 Å². The Morgan fingerprint density at radius 1 is 0.600 bits per heavy atom. The molecular formula is C42H77NO2. The molecule has 2 aliphatic heterocycles. The highest BCUT2D eigenvalue weighted by molar-refractivity contribution is 4.93. The number of hydrogen-bond donors (Lipinski definition) is 0. The van der Waals surface area contributed by atoms with E-state index in [1.165, 1.54) is 148 Å². The first-order valence-electron chi connectivity index (χ1n) is 20.1. The molecule has 2 aliphatic rings. The van der Waals surface area contributed by atoms with Gasteiger partial charge in [0.25, 0.3) is 0 Å². The first-order chi connectivity index (χ1) is 22.1. The number of piperidine rings is 1. The van der Waals surface area contributed by atoms with Gasteiger partial charge >= 0.3 is 0 Å². The fraction of sp³-hybridized carbons (Fsp3) is 0.857. The van der Waals surface area contributed by atoms with Crippen LogP contribution in [0.2, 0.25) is 0 Å². The smallest absolute Gasteiger partial charge is 0.171 e. The quantitative estimate of drug-likeness (QED) is 0.0636. The van der Waals surface area contributed by atoms with Crippen molar-refractivity contribution in [3.05, 3.63) is 36.5 Å². The number of ether oxygens (including phenoxy) is 2. The van der Waals surface area contributed by atoms with Crippen molar-refractivity contribution in [1.82, 2.24) is 4.90 Å². The lowest BCUT2D eigenvalue weighted by Gasteiger charge is -2.36. The van der Waals surface area contributed by atoms with Gasteiger partial charge in [0.05, 0.1) is 12.2 Å². The Kier molecular flexibility index (Phi) is 24.2. The van der Waals surface area contributed by atoms with Crippen molar-refractivity contribution in [1.29, 1.82) is 0 Å². The summed E-state index contributed by atoms with van der Waals surface area (Å²) in [6.07, 6.45) is 48.3. The predicted molar refractivity (Wildman–Crippen MR) is 198 cm³/mol. The third-order valence-corrected chi connectivity index (χ3v) is 10.2. The molecule has 3 atom stereocenters. The molecule has 0 amide bonds. The molecule has 2 fully saturated rings. The molecule has 0 aromatic carbocycles. The van der Waals surface area contributed by atoms with Crippen molar-refractivity contribution in [2.24, 2.45) is 5.92 Å². The second-order valence-electron chi connectivity index (χ2n) is 14.7. The van der Waals surface area contributed by atoms with Crippen molar-refractivity contribution in [2.45, 2.75) is 206 Å². The zero-order valence-electron chi connectivity index (χ0n) is 30.8. The lowest BCUT2D eigenvalue weighted by molar-refractivity contribution is -0.200. The summed E-state index contributed by atoms with van der Waals surface area (Å²) in [5, 5.41) is 0. The largest absolute Gasteiger partial charge is 0.344 e. The molecule has 0 saturated carbocycles. The summed E-state index contributed by atoms with van der Waals surface area (Å²) >= 11 is 0. The SMILES string of the molecule is CCCCC/C=C\C/C=C\CCCCCCCC1OC2(CCN(C)CC2)OC1CCCCCCC/C=C\CC(C)CCCCC. The van der Waals surface area contributed by atoms with Gasteiger partial charge in [-0.1, -0.05) is 147 Å². The lowest BCUT2D eigenvalue weighted by atomic mass is 9.99. The number of hydrogen-bond acceptors (Lipinski definition) is 3. The molecule has 262 valence electrons. The van der Waals surface area contributed by atoms with Crippen LogP contribution >= 0.6 is 0 Å². The molecule has 0 aliphatic carbocycles. The highest BCUT2D eigenvalue weighted by atomic mass is 16.8. The van der Waals surface area contributed by atoms with Gasteiger partial charge in [-0.3, -0.25) is 0 Å². The summed E-state index contributed by atoms with van der Waals surface area (Å²) in [5.74, 6) is 0.556. The molecule has 0 N–H and O–H groups in total. The standard InChI is InChI=1S/C42H77NO2/c1-5-7-9-10-11-12-13-14-15-16-17-18-22-25-29-33-40-41(45-42(44-40)35-37-43(4)38-36-42)34-30-26-23-20-19-21-24-28-32-39(3)31-27-8-6-2/h11-12,14-15,24,28,39-41H,5-10,13,16-23,25-27,29-38H2,1-4H3/b12-11-,15-14-,28-24-. The molecule has 0 aromatic rings. The van der Waals surface area contributed by atoms with Crippen LogP contribution in [0.25, 0.3) is 0 Å². The van der Waals surface area contributed by atoms with Crippen LogP contribution in [0.3, 0.4) is 0 Å². The van der Waals surface area contributed by atoms with Gasteiger partial charge in [-0.05, 0) is 77.2 Å². The van der Waals surface area contributed by atoms with Crippen molar-refractivity contribution < 1.29 is 9.47 Å². The van der Waals surface area contributed by atoms with Crippen LogP contribution in [-0.4, -0.2) is 43.0 Å². The van der Waals surface area contributed by atoms with Gasteiger partial charge in [-0.15, -0.1) is 0 Å². The Morgan fingerprint density at radius 3 is 1.62 bits per heavy atom. The molecule has 0 aromatic heterocycles. The molecule has 3 unspecified atom stereocenters. The number of allylic oxidation sites excluding steroid dienone is 6. The maximum Gasteiger partial charge on any atom is 0.171 e. The fourth-order valence-corrected chi connectivity index (χ4v) is 7.02. The van der Waals surface area contributed by atoms with Crippen molar-refractivity contribution in [3.63, 3.8) is 0 Å². The first kappa shape index (κ1) is 40.3. The van der Waals surface area contributed by atoms with Crippen LogP contribution in [0.4, 0.5) is 0 Å². The molecular weight excluding hydrogens is 550 g/mol. The summed E-state index contributed by atoms with van der Waals surface area (Å²) < 4.78 is 13.6. The van der Waals surface area contributed by atoms with E-state index in [2.05, 4.69) is 69.2 Å². The van der Waals surface area contributed by atoms with Gasteiger partial charge in [-0.25, -0.2) is 0 Å². The summed E-state index contributed by atoms with van der Waals surface area (Å²) in [5.41, 5.74) is 0. The Hall–Kier alpha value is -0.900. The van der Waals surface area contributed by atoms with Crippen molar-refractivity contribution in [2.75, 3.05) is 20.1 Å². The van der Waals surface area contributed by atoms with Gasteiger partial charge in [0.1, 0.15) is 0 Å². The van der Waals surface area contributed by atoms with E-state index in [9.17, 15) is 0 Å². The van der Waals surface area contributed by atoms with E-state index >= 15 is 0 Å². The van der Waals surface area contributed by atoms with E-state index in [0.29, 0.717) is 12.2 Å². The third kappa shape index (κ3) is 20.2. The average Bonchev–Trinajstić information content (AvgIpc) is 3.38. The number of rotatable bonds is 28. The maximum atomic E-state index is 6.78. The Bertz CT molecular complexity index is 750. The van der Waals surface area contributed by atoms with E-state index in [-0.39, 0.29) is 5.79 Å². The Balaban J connectivity index is 1.55. The summed E-state index contributed by atoms with van der Waals surface area (Å²) in [7, 11) is 2.23. The minimum absolute atomic E-state index is 0.293. The molecule has 3 heteroatoms. The van der Waals surface area contributed by atoms with Gasteiger partial charge in [0.15, 0.2) is 5.79 Å². The molecule has 1 spiro atoms. The number of nitrogens with zero attached hydrogens (tertiary/aromatic N) is 1. The zero-order valence-corrected chi connectivity index (χ0v) is 30.8. The summed E-state index contributed by atoms with van der Waals surface area (Å²) in [6, 6.07) is 0. The van der Waals surface area contributed by atoms with Crippen LogP contribution in [0.1, 0.15) is 188 Å². The number of likely N-dealkylation sites (tertiary alicyclic amines) is 1. The molecule has 0 radical (unpaired) electrons. The van der Waals surface area contributed by atoms with E-state index in [1.807, 2.05) is 0 Å². The molecule has 3 nitrogen and oxygen atoms in total. The van der Waals surface area contributed by atoms with Gasteiger partial charge < -0.3 is 14.4 Å². The third-order valence-electron chi connectivity index (χ3n) is 10.2. The summed E-state index contributed by atoms with van der Waals surface area (Å²) in [4.78, 5) is 2.42. The Morgan fingerprint density at radius 2 is 1.07 bits per heavy atom. The maximum absolute atomic E-state index is 6.78. The Labute approximate surface area is 282 Å². The average molecular weight is 628 g/mol. The van der Waals surface area contributed by atoms with E-state index < -0.39 is 0 Å². The van der Waals surface area contributed by atoms with Crippen LogP contribution in [0.5, 0.6) is 0 Å². The molecule has 2 saturated heterocycles. The monoisotopic (exact) mass is 628 g/mol. The zero-order chi connectivity index (χ0) is 32.3. The molecule has 0 bridgehead atoms. The minimum Gasteiger partial charge on any atom is -0.344 e. The normalized spacial score (nSPS) is 21.3. The fourth-order valence-electron chi connectivity index (χ4n) is 7.02. The highest BCUT2D eigenvalue weighted by Crippen LogP contribution is 2.40. The van der Waals surface area contributed by atoms with Crippen LogP contribution in [-0.2, 0) is 9.47 Å².